The zero-order valence-corrected chi connectivity index (χ0v) is 13.1. The fourth-order valence-electron chi connectivity index (χ4n) is 2.12. The summed E-state index contributed by atoms with van der Waals surface area (Å²) >= 11 is 0. The summed E-state index contributed by atoms with van der Waals surface area (Å²) in [6.45, 7) is 6.88. The van der Waals surface area contributed by atoms with Gasteiger partial charge in [0, 0.05) is 0 Å². The van der Waals surface area contributed by atoms with E-state index in [1.807, 2.05) is 0 Å². The van der Waals surface area contributed by atoms with Gasteiger partial charge in [-0.2, -0.15) is 0 Å². The highest BCUT2D eigenvalue weighted by atomic mass is 16.5. The molecule has 114 valence electrons. The summed E-state index contributed by atoms with van der Waals surface area (Å²) in [6.07, 6.45) is 10.7. The smallest absolute Gasteiger partial charge is 0.322 e. The number of esters is 1. The van der Waals surface area contributed by atoms with Crippen LogP contribution < -0.4 is 5.73 Å². The molecule has 0 aliphatic heterocycles. The fraction of sp³-hybridized carbons (Fsp3) is 0.938. The molecule has 3 nitrogen and oxygen atoms in total. The summed E-state index contributed by atoms with van der Waals surface area (Å²) in [4.78, 5) is 11.5. The Bertz CT molecular complexity index is 217. The molecule has 0 aliphatic rings. The van der Waals surface area contributed by atoms with Crippen LogP contribution in [0.15, 0.2) is 0 Å². The first-order valence-electron chi connectivity index (χ1n) is 8.00. The number of carbonyl (C=O) groups excluding carboxylic acids is 1. The van der Waals surface area contributed by atoms with Crippen LogP contribution in [0, 0.1) is 5.92 Å². The standard InChI is InChI=1S/C16H33NO2/c1-4-5-6-7-8-9-10-11-12-19-16(18)15(17)13-14(2)3/h14-15H,4-13,17H2,1-3H3/t15-/m0/s1. The molecule has 0 amide bonds. The average Bonchev–Trinajstić information content (AvgIpc) is 2.35. The molecule has 2 N–H and O–H groups in total. The molecule has 0 heterocycles. The minimum Gasteiger partial charge on any atom is -0.465 e. The fourth-order valence-corrected chi connectivity index (χ4v) is 2.12. The van der Waals surface area contributed by atoms with Crippen LogP contribution in [0.5, 0.6) is 0 Å². The second-order valence-electron chi connectivity index (χ2n) is 5.88. The summed E-state index contributed by atoms with van der Waals surface area (Å²) in [7, 11) is 0. The van der Waals surface area contributed by atoms with Crippen molar-refractivity contribution in [3.63, 3.8) is 0 Å². The maximum atomic E-state index is 11.5. The van der Waals surface area contributed by atoms with Gasteiger partial charge in [0.2, 0.25) is 0 Å². The van der Waals surface area contributed by atoms with Gasteiger partial charge in [0.25, 0.3) is 0 Å². The van der Waals surface area contributed by atoms with Crippen LogP contribution in [0.2, 0.25) is 0 Å². The van der Waals surface area contributed by atoms with Gasteiger partial charge >= 0.3 is 5.97 Å². The highest BCUT2D eigenvalue weighted by molar-refractivity contribution is 5.75. The van der Waals surface area contributed by atoms with Crippen LogP contribution in [0.25, 0.3) is 0 Å². The average molecular weight is 271 g/mol. The molecule has 19 heavy (non-hydrogen) atoms. The second-order valence-corrected chi connectivity index (χ2v) is 5.88. The third-order valence-electron chi connectivity index (χ3n) is 3.27. The minimum atomic E-state index is -0.450. The molecular formula is C16H33NO2. The third-order valence-corrected chi connectivity index (χ3v) is 3.27. The molecule has 1 atom stereocenters. The van der Waals surface area contributed by atoms with Crippen LogP contribution in [0.1, 0.15) is 78.6 Å². The number of nitrogens with two attached hydrogens (primary N) is 1. The largest absolute Gasteiger partial charge is 0.465 e. The summed E-state index contributed by atoms with van der Waals surface area (Å²) in [6, 6.07) is -0.450. The molecule has 0 aromatic heterocycles. The molecule has 0 rings (SSSR count). The van der Waals surface area contributed by atoms with Gasteiger partial charge in [0.15, 0.2) is 0 Å². The predicted octanol–water partition coefficient (Wildman–Crippen LogP) is 4.04. The quantitative estimate of drug-likeness (QED) is 0.430. The Morgan fingerprint density at radius 2 is 1.53 bits per heavy atom. The van der Waals surface area contributed by atoms with E-state index in [1.165, 1.54) is 38.5 Å². The Balaban J connectivity index is 3.32. The Morgan fingerprint density at radius 3 is 2.05 bits per heavy atom. The molecule has 0 aromatic carbocycles. The first-order valence-corrected chi connectivity index (χ1v) is 8.00. The van der Waals surface area contributed by atoms with E-state index >= 15 is 0 Å². The summed E-state index contributed by atoms with van der Waals surface area (Å²) in [5.41, 5.74) is 5.75. The van der Waals surface area contributed by atoms with Gasteiger partial charge in [-0.25, -0.2) is 0 Å². The van der Waals surface area contributed by atoms with Crippen molar-refractivity contribution in [1.82, 2.24) is 0 Å². The number of carbonyl (C=O) groups is 1. The zero-order valence-electron chi connectivity index (χ0n) is 13.1. The lowest BCUT2D eigenvalue weighted by atomic mass is 10.1. The Kier molecular flexibility index (Phi) is 12.1. The maximum absolute atomic E-state index is 11.5. The van der Waals surface area contributed by atoms with Crippen molar-refractivity contribution in [2.24, 2.45) is 11.7 Å². The molecular weight excluding hydrogens is 238 g/mol. The van der Waals surface area contributed by atoms with Gasteiger partial charge in [-0.3, -0.25) is 4.79 Å². The van der Waals surface area contributed by atoms with Gasteiger partial charge in [-0.1, -0.05) is 65.7 Å². The molecule has 3 heteroatoms. The first-order chi connectivity index (χ1) is 9.07. The van der Waals surface area contributed by atoms with Crippen LogP contribution in [-0.4, -0.2) is 18.6 Å². The molecule has 0 saturated carbocycles. The van der Waals surface area contributed by atoms with Gasteiger partial charge < -0.3 is 10.5 Å². The summed E-state index contributed by atoms with van der Waals surface area (Å²) in [5, 5.41) is 0. The number of rotatable bonds is 12. The molecule has 0 bridgehead atoms. The molecule has 0 unspecified atom stereocenters. The predicted molar refractivity (Wildman–Crippen MR) is 81.0 cm³/mol. The lowest BCUT2D eigenvalue weighted by Gasteiger charge is -2.13. The van der Waals surface area contributed by atoms with E-state index in [9.17, 15) is 4.79 Å². The monoisotopic (exact) mass is 271 g/mol. The first kappa shape index (κ1) is 18.4. The minimum absolute atomic E-state index is 0.239. The SMILES string of the molecule is CCCCCCCCCCOC(=O)[C@@H](N)CC(C)C. The van der Waals surface area contributed by atoms with Crippen LogP contribution in [0.4, 0.5) is 0 Å². The van der Waals surface area contributed by atoms with E-state index in [0.717, 1.165) is 12.8 Å². The van der Waals surface area contributed by atoms with Crippen molar-refractivity contribution >= 4 is 5.97 Å². The summed E-state index contributed by atoms with van der Waals surface area (Å²) < 4.78 is 5.19. The molecule has 0 saturated heterocycles. The topological polar surface area (TPSA) is 52.3 Å². The third kappa shape index (κ3) is 12.2. The molecule has 0 aliphatic carbocycles. The molecule has 0 aromatic rings. The van der Waals surface area contributed by atoms with Crippen LogP contribution in [-0.2, 0) is 9.53 Å². The van der Waals surface area contributed by atoms with E-state index in [4.69, 9.17) is 10.5 Å². The number of unbranched alkanes of at least 4 members (excludes halogenated alkanes) is 7. The highest BCUT2D eigenvalue weighted by Crippen LogP contribution is 2.09. The Morgan fingerprint density at radius 1 is 1.00 bits per heavy atom. The van der Waals surface area contributed by atoms with E-state index in [2.05, 4.69) is 20.8 Å². The van der Waals surface area contributed by atoms with E-state index < -0.39 is 6.04 Å². The lowest BCUT2D eigenvalue weighted by molar-refractivity contribution is -0.145. The lowest BCUT2D eigenvalue weighted by Crippen LogP contribution is -2.33. The Labute approximate surface area is 119 Å². The van der Waals surface area contributed by atoms with Gasteiger partial charge in [0.05, 0.1) is 6.61 Å². The van der Waals surface area contributed by atoms with E-state index in [0.29, 0.717) is 18.9 Å². The highest BCUT2D eigenvalue weighted by Gasteiger charge is 2.15. The Hall–Kier alpha value is -0.570. The van der Waals surface area contributed by atoms with E-state index in [1.54, 1.807) is 0 Å². The van der Waals surface area contributed by atoms with Crippen molar-refractivity contribution in [1.29, 1.82) is 0 Å². The maximum Gasteiger partial charge on any atom is 0.322 e. The molecule has 0 spiro atoms. The number of hydrogen-bond donors (Lipinski definition) is 1. The van der Waals surface area contributed by atoms with Crippen molar-refractivity contribution in [2.45, 2.75) is 84.6 Å². The normalized spacial score (nSPS) is 12.7. The number of ether oxygens (including phenoxy) is 1. The van der Waals surface area contributed by atoms with Crippen LogP contribution in [0.3, 0.4) is 0 Å². The number of hydrogen-bond acceptors (Lipinski definition) is 3. The van der Waals surface area contributed by atoms with Crippen molar-refractivity contribution < 1.29 is 9.53 Å². The van der Waals surface area contributed by atoms with Gasteiger partial charge in [0.1, 0.15) is 6.04 Å². The molecule has 0 fully saturated rings. The van der Waals surface area contributed by atoms with Gasteiger partial charge in [-0.05, 0) is 18.8 Å². The molecule has 0 radical (unpaired) electrons. The summed E-state index contributed by atoms with van der Waals surface area (Å²) in [5.74, 6) is 0.197. The van der Waals surface area contributed by atoms with E-state index in [-0.39, 0.29) is 5.97 Å². The van der Waals surface area contributed by atoms with Gasteiger partial charge in [-0.15, -0.1) is 0 Å². The zero-order chi connectivity index (χ0) is 14.5. The van der Waals surface area contributed by atoms with Crippen LogP contribution >= 0.6 is 0 Å². The van der Waals surface area contributed by atoms with Crippen molar-refractivity contribution in [2.75, 3.05) is 6.61 Å². The van der Waals surface area contributed by atoms with Crippen molar-refractivity contribution in [3.8, 4) is 0 Å². The second kappa shape index (κ2) is 12.5. The van der Waals surface area contributed by atoms with Crippen molar-refractivity contribution in [3.05, 3.63) is 0 Å².